The number of likely N-dealkylation sites (N-methyl/N-ethyl adjacent to an activating group) is 1. The van der Waals surface area contributed by atoms with Crippen LogP contribution in [0.1, 0.15) is 41.9 Å². The number of halogens is 3. The summed E-state index contributed by atoms with van der Waals surface area (Å²) >= 11 is 0. The molecule has 1 aliphatic heterocycles. The fraction of sp³-hybridized carbons (Fsp3) is 0.533. The number of carbonyl (C=O) groups excluding carboxylic acids is 1. The predicted octanol–water partition coefficient (Wildman–Crippen LogP) is 3.36. The van der Waals surface area contributed by atoms with Gasteiger partial charge in [-0.25, -0.2) is 0 Å². The lowest BCUT2D eigenvalue weighted by Gasteiger charge is -2.43. The van der Waals surface area contributed by atoms with E-state index in [1.54, 1.807) is 18.0 Å². The van der Waals surface area contributed by atoms with E-state index >= 15 is 0 Å². The molecule has 0 spiro atoms. The van der Waals surface area contributed by atoms with Crippen molar-refractivity contribution in [3.05, 3.63) is 34.9 Å². The summed E-state index contributed by atoms with van der Waals surface area (Å²) in [6, 6.07) is 4.19. The molecule has 20 heavy (non-hydrogen) atoms. The number of benzene rings is 1. The third-order valence-electron chi connectivity index (χ3n) is 4.60. The zero-order chi connectivity index (χ0) is 14.5. The number of nitrogens with zero attached hydrogens (tertiary/aromatic N) is 1. The molecule has 2 aliphatic rings. The van der Waals surface area contributed by atoms with Gasteiger partial charge in [0, 0.05) is 25.4 Å². The van der Waals surface area contributed by atoms with E-state index in [1.807, 2.05) is 0 Å². The van der Waals surface area contributed by atoms with Crippen LogP contribution in [0.2, 0.25) is 0 Å². The molecule has 1 heterocycles. The van der Waals surface area contributed by atoms with Crippen molar-refractivity contribution in [2.24, 2.45) is 0 Å². The number of rotatable bonds is 0. The Morgan fingerprint density at radius 3 is 2.65 bits per heavy atom. The Morgan fingerprint density at radius 1 is 1.20 bits per heavy atom. The lowest BCUT2D eigenvalue weighted by Crippen LogP contribution is -2.47. The molecule has 0 bridgehead atoms. The molecule has 0 aromatic heterocycles. The molecule has 3 rings (SSSR count). The molecule has 2 atom stereocenters. The first-order valence-electron chi connectivity index (χ1n) is 6.83. The summed E-state index contributed by atoms with van der Waals surface area (Å²) in [5.41, 5.74) is 1.22. The number of piperidine rings is 1. The molecule has 2 nitrogen and oxygen atoms in total. The number of carbonyl (C=O) groups is 1. The smallest absolute Gasteiger partial charge is 0.342 e. The van der Waals surface area contributed by atoms with Gasteiger partial charge < -0.3 is 4.90 Å². The highest BCUT2D eigenvalue weighted by molar-refractivity contribution is 5.77. The Kier molecular flexibility index (Phi) is 3.03. The topological polar surface area (TPSA) is 20.3 Å². The number of amides is 1. The van der Waals surface area contributed by atoms with Crippen LogP contribution in [0.4, 0.5) is 13.2 Å². The van der Waals surface area contributed by atoms with Crippen molar-refractivity contribution in [1.29, 1.82) is 0 Å². The summed E-state index contributed by atoms with van der Waals surface area (Å²) in [5, 5.41) is 0. The summed E-state index contributed by atoms with van der Waals surface area (Å²) in [7, 11) is 1.80. The molecule has 0 N–H and O–H groups in total. The maximum Gasteiger partial charge on any atom is 0.416 e. The van der Waals surface area contributed by atoms with Crippen molar-refractivity contribution in [2.75, 3.05) is 7.05 Å². The van der Waals surface area contributed by atoms with E-state index < -0.39 is 11.7 Å². The Balaban J connectivity index is 1.97. The Labute approximate surface area is 115 Å². The number of hydrogen-bond acceptors (Lipinski definition) is 1. The van der Waals surface area contributed by atoms with Crippen molar-refractivity contribution < 1.29 is 18.0 Å². The molecule has 0 radical (unpaired) electrons. The molecule has 1 amide bonds. The quantitative estimate of drug-likeness (QED) is 0.715. The largest absolute Gasteiger partial charge is 0.416 e. The van der Waals surface area contributed by atoms with E-state index in [2.05, 4.69) is 0 Å². The van der Waals surface area contributed by atoms with Crippen LogP contribution in [0, 0.1) is 0 Å². The van der Waals surface area contributed by atoms with Gasteiger partial charge in [-0.3, -0.25) is 4.79 Å². The molecule has 2 unspecified atom stereocenters. The number of aryl methyl sites for hydroxylation is 1. The predicted molar refractivity (Wildman–Crippen MR) is 68.3 cm³/mol. The van der Waals surface area contributed by atoms with Crippen LogP contribution in [0.5, 0.6) is 0 Å². The summed E-state index contributed by atoms with van der Waals surface area (Å²) in [5.74, 6) is 0.324. The van der Waals surface area contributed by atoms with Crippen LogP contribution >= 0.6 is 0 Å². The fourth-order valence-electron chi connectivity index (χ4n) is 3.52. The van der Waals surface area contributed by atoms with Gasteiger partial charge in [-0.2, -0.15) is 13.2 Å². The zero-order valence-electron chi connectivity index (χ0n) is 11.2. The van der Waals surface area contributed by atoms with Crippen molar-refractivity contribution >= 4 is 5.91 Å². The maximum absolute atomic E-state index is 12.8. The summed E-state index contributed by atoms with van der Waals surface area (Å²) < 4.78 is 38.3. The molecular formula is C15H16F3NO. The second kappa shape index (κ2) is 4.50. The maximum atomic E-state index is 12.8. The number of likely N-dealkylation sites (tertiary alicyclic amines) is 1. The van der Waals surface area contributed by atoms with Gasteiger partial charge >= 0.3 is 6.18 Å². The first-order chi connectivity index (χ1) is 9.38. The SMILES string of the molecule is CN1C(=O)CCC2c3ccc(C(F)(F)F)cc3CCC21. The van der Waals surface area contributed by atoms with Crippen LogP contribution in [0.15, 0.2) is 18.2 Å². The van der Waals surface area contributed by atoms with Crippen LogP contribution < -0.4 is 0 Å². The lowest BCUT2D eigenvalue weighted by atomic mass is 9.74. The minimum Gasteiger partial charge on any atom is -0.342 e. The Hall–Kier alpha value is -1.52. The summed E-state index contributed by atoms with van der Waals surface area (Å²) in [6.45, 7) is 0. The van der Waals surface area contributed by atoms with Crippen LogP contribution in [0.25, 0.3) is 0 Å². The monoisotopic (exact) mass is 283 g/mol. The molecule has 1 fully saturated rings. The molecular weight excluding hydrogens is 267 g/mol. The number of hydrogen-bond donors (Lipinski definition) is 0. The van der Waals surface area contributed by atoms with E-state index in [1.165, 1.54) is 6.07 Å². The van der Waals surface area contributed by atoms with Gasteiger partial charge in [0.15, 0.2) is 0 Å². The van der Waals surface area contributed by atoms with Crippen molar-refractivity contribution in [2.45, 2.75) is 43.8 Å². The number of fused-ring (bicyclic) bond motifs is 3. The molecule has 5 heteroatoms. The third-order valence-corrected chi connectivity index (χ3v) is 4.60. The minimum absolute atomic E-state index is 0.139. The van der Waals surface area contributed by atoms with Gasteiger partial charge in [0.1, 0.15) is 0 Å². The highest BCUT2D eigenvalue weighted by Crippen LogP contribution is 2.42. The molecule has 1 saturated heterocycles. The molecule has 0 saturated carbocycles. The van der Waals surface area contributed by atoms with E-state index in [0.29, 0.717) is 12.8 Å². The zero-order valence-corrected chi connectivity index (χ0v) is 11.2. The van der Waals surface area contributed by atoms with Gasteiger partial charge in [0.05, 0.1) is 5.56 Å². The first kappa shape index (κ1) is 13.5. The molecule has 108 valence electrons. The van der Waals surface area contributed by atoms with Crippen LogP contribution in [-0.4, -0.2) is 23.9 Å². The second-order valence-corrected chi connectivity index (χ2v) is 5.67. The van der Waals surface area contributed by atoms with Crippen LogP contribution in [-0.2, 0) is 17.4 Å². The van der Waals surface area contributed by atoms with Gasteiger partial charge in [-0.05, 0) is 42.5 Å². The van der Waals surface area contributed by atoms with Crippen molar-refractivity contribution in [1.82, 2.24) is 4.90 Å². The lowest BCUT2D eigenvalue weighted by molar-refractivity contribution is -0.137. The highest BCUT2D eigenvalue weighted by atomic mass is 19.4. The summed E-state index contributed by atoms with van der Waals surface area (Å²) in [6.07, 6.45) is -1.70. The molecule has 1 aliphatic carbocycles. The Bertz CT molecular complexity index is 553. The average Bonchev–Trinajstić information content (AvgIpc) is 2.41. The van der Waals surface area contributed by atoms with E-state index in [9.17, 15) is 18.0 Å². The standard InChI is InChI=1S/C15H16F3NO/c1-19-13-6-2-9-8-10(15(16,17)18)3-4-11(9)12(13)5-7-14(19)20/h3-4,8,12-13H,2,5-7H2,1H3. The van der Waals surface area contributed by atoms with Gasteiger partial charge in [-0.15, -0.1) is 0 Å². The molecule has 1 aromatic carbocycles. The highest BCUT2D eigenvalue weighted by Gasteiger charge is 2.39. The van der Waals surface area contributed by atoms with E-state index in [4.69, 9.17) is 0 Å². The third kappa shape index (κ3) is 2.09. The van der Waals surface area contributed by atoms with E-state index in [-0.39, 0.29) is 17.9 Å². The number of alkyl halides is 3. The van der Waals surface area contributed by atoms with E-state index in [0.717, 1.165) is 30.0 Å². The van der Waals surface area contributed by atoms with Crippen molar-refractivity contribution in [3.63, 3.8) is 0 Å². The first-order valence-corrected chi connectivity index (χ1v) is 6.83. The second-order valence-electron chi connectivity index (χ2n) is 5.67. The summed E-state index contributed by atoms with van der Waals surface area (Å²) in [4.78, 5) is 13.5. The van der Waals surface area contributed by atoms with Gasteiger partial charge in [0.2, 0.25) is 5.91 Å². The van der Waals surface area contributed by atoms with Crippen molar-refractivity contribution in [3.8, 4) is 0 Å². The minimum atomic E-state index is -4.29. The fourth-order valence-corrected chi connectivity index (χ4v) is 3.52. The van der Waals surface area contributed by atoms with Gasteiger partial charge in [0.25, 0.3) is 0 Å². The molecule has 1 aromatic rings. The Morgan fingerprint density at radius 2 is 1.95 bits per heavy atom. The average molecular weight is 283 g/mol. The normalized spacial score (nSPS) is 26.2. The van der Waals surface area contributed by atoms with Crippen LogP contribution in [0.3, 0.4) is 0 Å². The van der Waals surface area contributed by atoms with Gasteiger partial charge in [-0.1, -0.05) is 6.07 Å².